The highest BCUT2D eigenvalue weighted by Gasteiger charge is 2.25. The van der Waals surface area contributed by atoms with E-state index in [1.165, 1.54) is 12.1 Å². The van der Waals surface area contributed by atoms with E-state index in [0.29, 0.717) is 47.2 Å². The fraction of sp³-hybridized carbons (Fsp3) is 0.238. The smallest absolute Gasteiger partial charge is 0.237 e. The molecule has 0 aliphatic carbocycles. The molecule has 32 heavy (non-hydrogen) atoms. The molecule has 1 aliphatic heterocycles. The molecule has 5 heterocycles. The van der Waals surface area contributed by atoms with Crippen molar-refractivity contribution in [3.05, 3.63) is 48.9 Å². The van der Waals surface area contributed by atoms with E-state index in [-0.39, 0.29) is 17.8 Å². The molecule has 11 heteroatoms. The van der Waals surface area contributed by atoms with Crippen molar-refractivity contribution in [3.63, 3.8) is 0 Å². The second-order valence-electron chi connectivity index (χ2n) is 7.61. The number of nitrogen functional groups attached to an aromatic ring is 1. The molecule has 10 nitrogen and oxygen atoms in total. The summed E-state index contributed by atoms with van der Waals surface area (Å²) in [4.78, 5) is 26.6. The number of rotatable bonds is 3. The minimum atomic E-state index is -0.349. The number of fused-ring (bicyclic) bond motifs is 2. The van der Waals surface area contributed by atoms with Gasteiger partial charge in [0.2, 0.25) is 11.9 Å². The summed E-state index contributed by atoms with van der Waals surface area (Å²) < 4.78 is 23.2. The number of ether oxygens (including phenoxy) is 1. The summed E-state index contributed by atoms with van der Waals surface area (Å²) in [6.45, 7) is 1.32. The average molecular weight is 431 g/mol. The number of nitrogens with zero attached hydrogens (tertiary/aromatic N) is 8. The van der Waals surface area contributed by atoms with Crippen LogP contribution in [0.5, 0.6) is 0 Å². The van der Waals surface area contributed by atoms with E-state index in [9.17, 15) is 4.39 Å². The van der Waals surface area contributed by atoms with Crippen LogP contribution in [-0.4, -0.2) is 52.3 Å². The highest BCUT2D eigenvalue weighted by atomic mass is 19.1. The number of hydrogen-bond acceptors (Lipinski definition) is 8. The van der Waals surface area contributed by atoms with Gasteiger partial charge in [0, 0.05) is 37.7 Å². The van der Waals surface area contributed by atoms with E-state index >= 15 is 0 Å². The molecular weight excluding hydrogens is 413 g/mol. The zero-order valence-electron chi connectivity index (χ0n) is 16.9. The molecule has 0 amide bonds. The Morgan fingerprint density at radius 1 is 0.969 bits per heavy atom. The number of aromatic nitrogens is 8. The molecule has 1 aromatic carbocycles. The Kier molecular flexibility index (Phi) is 4.28. The molecule has 2 N–H and O–H groups in total. The lowest BCUT2D eigenvalue weighted by Crippen LogP contribution is -2.21. The Hall–Kier alpha value is -3.99. The largest absolute Gasteiger partial charge is 0.381 e. The SMILES string of the molecule is Nc1ncc(-c2nc3cnc(-n4cnc5ccc(F)cc54)nc3n2C2CCOCC2)cn1. The van der Waals surface area contributed by atoms with Gasteiger partial charge in [-0.3, -0.25) is 4.57 Å². The van der Waals surface area contributed by atoms with Crippen LogP contribution < -0.4 is 5.73 Å². The summed E-state index contributed by atoms with van der Waals surface area (Å²) in [6.07, 6.45) is 8.22. The molecule has 160 valence electrons. The van der Waals surface area contributed by atoms with Crippen molar-refractivity contribution in [2.45, 2.75) is 18.9 Å². The van der Waals surface area contributed by atoms with Gasteiger partial charge in [0.05, 0.1) is 22.8 Å². The van der Waals surface area contributed by atoms with Gasteiger partial charge in [-0.05, 0) is 25.0 Å². The monoisotopic (exact) mass is 431 g/mol. The predicted molar refractivity (Wildman–Crippen MR) is 114 cm³/mol. The number of benzene rings is 1. The second-order valence-corrected chi connectivity index (χ2v) is 7.61. The van der Waals surface area contributed by atoms with Gasteiger partial charge in [0.25, 0.3) is 0 Å². The van der Waals surface area contributed by atoms with E-state index in [1.54, 1.807) is 35.6 Å². The van der Waals surface area contributed by atoms with Gasteiger partial charge >= 0.3 is 0 Å². The van der Waals surface area contributed by atoms with Crippen LogP contribution in [0.15, 0.2) is 43.1 Å². The summed E-state index contributed by atoms with van der Waals surface area (Å²) in [7, 11) is 0. The first-order valence-corrected chi connectivity index (χ1v) is 10.2. The average Bonchev–Trinajstić information content (AvgIpc) is 3.41. The Balaban J connectivity index is 1.56. The minimum absolute atomic E-state index is 0.140. The molecule has 1 saturated heterocycles. The van der Waals surface area contributed by atoms with Gasteiger partial charge in [-0.1, -0.05) is 0 Å². The van der Waals surface area contributed by atoms with Crippen molar-refractivity contribution in [1.82, 2.24) is 39.0 Å². The molecule has 5 aromatic rings. The lowest BCUT2D eigenvalue weighted by Gasteiger charge is -2.25. The third-order valence-corrected chi connectivity index (χ3v) is 5.63. The van der Waals surface area contributed by atoms with Crippen LogP contribution in [0.1, 0.15) is 18.9 Å². The number of imidazole rings is 2. The van der Waals surface area contributed by atoms with Gasteiger partial charge in [0.1, 0.15) is 23.5 Å². The summed E-state index contributed by atoms with van der Waals surface area (Å²) in [5.41, 5.74) is 8.97. The molecule has 4 aromatic heterocycles. The summed E-state index contributed by atoms with van der Waals surface area (Å²) in [5.74, 6) is 0.931. The molecule has 0 radical (unpaired) electrons. The molecule has 0 bridgehead atoms. The number of hydrogen-bond donors (Lipinski definition) is 1. The topological polar surface area (TPSA) is 122 Å². The molecule has 0 spiro atoms. The third-order valence-electron chi connectivity index (χ3n) is 5.63. The lowest BCUT2D eigenvalue weighted by molar-refractivity contribution is 0.0708. The fourth-order valence-electron chi connectivity index (χ4n) is 4.08. The number of anilines is 1. The van der Waals surface area contributed by atoms with E-state index in [2.05, 4.69) is 24.5 Å². The first-order chi connectivity index (χ1) is 15.7. The first-order valence-electron chi connectivity index (χ1n) is 10.2. The van der Waals surface area contributed by atoms with Crippen molar-refractivity contribution in [3.8, 4) is 17.3 Å². The minimum Gasteiger partial charge on any atom is -0.381 e. The highest BCUT2D eigenvalue weighted by molar-refractivity contribution is 5.79. The Morgan fingerprint density at radius 2 is 1.78 bits per heavy atom. The van der Waals surface area contributed by atoms with Crippen molar-refractivity contribution in [2.24, 2.45) is 0 Å². The standard InChI is InChI=1S/C21H18FN9O/c22-13-1-2-15-17(7-13)30(11-27-15)21-26-10-16-19(29-21)31(14-3-5-32-6-4-14)18(28-16)12-8-24-20(23)25-9-12/h1-2,7-11,14H,3-6H2,(H2,23,24,25). The van der Waals surface area contributed by atoms with Crippen LogP contribution in [0, 0.1) is 5.82 Å². The molecule has 1 aliphatic rings. The van der Waals surface area contributed by atoms with Crippen molar-refractivity contribution in [1.29, 1.82) is 0 Å². The molecule has 0 saturated carbocycles. The van der Waals surface area contributed by atoms with Crippen LogP contribution in [0.4, 0.5) is 10.3 Å². The molecule has 6 rings (SSSR count). The fourth-order valence-corrected chi connectivity index (χ4v) is 4.08. The highest BCUT2D eigenvalue weighted by Crippen LogP contribution is 2.32. The Bertz CT molecular complexity index is 1440. The quantitative estimate of drug-likeness (QED) is 0.463. The number of halogens is 1. The van der Waals surface area contributed by atoms with Crippen LogP contribution in [0.2, 0.25) is 0 Å². The first kappa shape index (κ1) is 18.8. The van der Waals surface area contributed by atoms with E-state index in [1.807, 2.05) is 0 Å². The van der Waals surface area contributed by atoms with Gasteiger partial charge in [-0.25, -0.2) is 29.3 Å². The van der Waals surface area contributed by atoms with E-state index < -0.39 is 0 Å². The van der Waals surface area contributed by atoms with E-state index in [0.717, 1.165) is 18.4 Å². The zero-order valence-corrected chi connectivity index (χ0v) is 16.9. The van der Waals surface area contributed by atoms with Crippen molar-refractivity contribution >= 4 is 28.1 Å². The lowest BCUT2D eigenvalue weighted by atomic mass is 10.1. The number of nitrogens with two attached hydrogens (primary N) is 1. The second kappa shape index (κ2) is 7.31. The summed E-state index contributed by atoms with van der Waals surface area (Å²) >= 11 is 0. The maximum atomic E-state index is 13.9. The maximum absolute atomic E-state index is 13.9. The van der Waals surface area contributed by atoms with Gasteiger partial charge in [-0.2, -0.15) is 4.98 Å². The zero-order chi connectivity index (χ0) is 21.7. The molecule has 0 atom stereocenters. The van der Waals surface area contributed by atoms with Crippen molar-refractivity contribution < 1.29 is 9.13 Å². The van der Waals surface area contributed by atoms with Gasteiger partial charge in [-0.15, -0.1) is 0 Å². The van der Waals surface area contributed by atoms with Crippen LogP contribution in [0.3, 0.4) is 0 Å². The van der Waals surface area contributed by atoms with Crippen LogP contribution in [-0.2, 0) is 4.74 Å². The van der Waals surface area contributed by atoms with E-state index in [4.69, 9.17) is 20.4 Å². The third kappa shape index (κ3) is 3.05. The van der Waals surface area contributed by atoms with Crippen molar-refractivity contribution in [2.75, 3.05) is 18.9 Å². The molecule has 1 fully saturated rings. The predicted octanol–water partition coefficient (Wildman–Crippen LogP) is 2.70. The van der Waals surface area contributed by atoms with Crippen LogP contribution in [0.25, 0.3) is 39.5 Å². The molecule has 0 unspecified atom stereocenters. The Morgan fingerprint density at radius 3 is 2.59 bits per heavy atom. The van der Waals surface area contributed by atoms with Gasteiger partial charge < -0.3 is 15.0 Å². The van der Waals surface area contributed by atoms with Gasteiger partial charge in [0.15, 0.2) is 5.65 Å². The molecular formula is C21H18FN9O. The summed E-state index contributed by atoms with van der Waals surface area (Å²) in [5, 5.41) is 0. The normalized spacial score (nSPS) is 15.0. The Labute approximate surface area is 181 Å². The maximum Gasteiger partial charge on any atom is 0.237 e. The van der Waals surface area contributed by atoms with Crippen LogP contribution >= 0.6 is 0 Å². The summed E-state index contributed by atoms with van der Waals surface area (Å²) in [6, 6.07) is 4.57.